The summed E-state index contributed by atoms with van der Waals surface area (Å²) in [5.41, 5.74) is 0.869. The van der Waals surface area contributed by atoms with Crippen LogP contribution in [0.2, 0.25) is 0 Å². The van der Waals surface area contributed by atoms with Gasteiger partial charge in [0.1, 0.15) is 0 Å². The molecule has 1 aromatic rings. The van der Waals surface area contributed by atoms with Crippen molar-refractivity contribution >= 4 is 17.6 Å². The van der Waals surface area contributed by atoms with Gasteiger partial charge in [-0.3, -0.25) is 4.79 Å². The van der Waals surface area contributed by atoms with E-state index in [2.05, 4.69) is 5.32 Å². The molecule has 0 radical (unpaired) electrons. The Labute approximate surface area is 101 Å². The maximum atomic E-state index is 11.6. The van der Waals surface area contributed by atoms with Gasteiger partial charge in [-0.25, -0.2) is 4.79 Å². The van der Waals surface area contributed by atoms with Crippen LogP contribution in [0.1, 0.15) is 31.1 Å². The summed E-state index contributed by atoms with van der Waals surface area (Å²) in [7, 11) is 0. The SMILES string of the molecule is CCOC(=O)c1ccccc1NC(=O)C(C)C. The van der Waals surface area contributed by atoms with E-state index in [1.165, 1.54) is 0 Å². The minimum atomic E-state index is -0.424. The van der Waals surface area contributed by atoms with E-state index in [1.54, 1.807) is 45.0 Å². The highest BCUT2D eigenvalue weighted by Gasteiger charge is 2.14. The van der Waals surface area contributed by atoms with Gasteiger partial charge in [-0.1, -0.05) is 26.0 Å². The number of nitrogens with one attached hydrogen (secondary N) is 1. The molecule has 92 valence electrons. The summed E-state index contributed by atoms with van der Waals surface area (Å²) in [6.45, 7) is 5.64. The third-order valence-corrected chi connectivity index (χ3v) is 2.20. The van der Waals surface area contributed by atoms with E-state index < -0.39 is 5.97 Å². The molecule has 1 rings (SSSR count). The van der Waals surface area contributed by atoms with E-state index in [0.29, 0.717) is 17.9 Å². The number of benzene rings is 1. The van der Waals surface area contributed by atoms with Gasteiger partial charge < -0.3 is 10.1 Å². The normalized spacial score (nSPS) is 10.1. The molecule has 0 saturated carbocycles. The Morgan fingerprint density at radius 1 is 1.29 bits per heavy atom. The zero-order valence-electron chi connectivity index (χ0n) is 10.3. The molecule has 0 aliphatic rings. The van der Waals surface area contributed by atoms with Crippen molar-refractivity contribution in [3.8, 4) is 0 Å². The highest BCUT2D eigenvalue weighted by atomic mass is 16.5. The van der Waals surface area contributed by atoms with Gasteiger partial charge in [-0.05, 0) is 19.1 Å². The van der Waals surface area contributed by atoms with Crippen molar-refractivity contribution in [1.82, 2.24) is 0 Å². The molecule has 4 heteroatoms. The first-order valence-electron chi connectivity index (χ1n) is 5.63. The van der Waals surface area contributed by atoms with Gasteiger partial charge in [-0.2, -0.15) is 0 Å². The highest BCUT2D eigenvalue weighted by molar-refractivity contribution is 6.01. The topological polar surface area (TPSA) is 55.4 Å². The van der Waals surface area contributed by atoms with Gasteiger partial charge >= 0.3 is 5.97 Å². The number of hydrogen-bond donors (Lipinski definition) is 1. The van der Waals surface area contributed by atoms with Crippen molar-refractivity contribution in [3.05, 3.63) is 29.8 Å². The summed E-state index contributed by atoms with van der Waals surface area (Å²) in [5, 5.41) is 2.71. The largest absolute Gasteiger partial charge is 0.462 e. The first kappa shape index (κ1) is 13.2. The number of ether oxygens (including phenoxy) is 1. The Morgan fingerprint density at radius 3 is 2.53 bits per heavy atom. The second-order valence-electron chi connectivity index (χ2n) is 3.91. The van der Waals surface area contributed by atoms with Crippen molar-refractivity contribution in [1.29, 1.82) is 0 Å². The second-order valence-corrected chi connectivity index (χ2v) is 3.91. The van der Waals surface area contributed by atoms with Crippen molar-refractivity contribution in [2.75, 3.05) is 11.9 Å². The van der Waals surface area contributed by atoms with Crippen LogP contribution in [0.4, 0.5) is 5.69 Å². The number of carbonyl (C=O) groups is 2. The highest BCUT2D eigenvalue weighted by Crippen LogP contribution is 2.17. The van der Waals surface area contributed by atoms with Gasteiger partial charge in [0.05, 0.1) is 17.9 Å². The lowest BCUT2D eigenvalue weighted by Gasteiger charge is -2.11. The van der Waals surface area contributed by atoms with E-state index in [0.717, 1.165) is 0 Å². The maximum Gasteiger partial charge on any atom is 0.340 e. The van der Waals surface area contributed by atoms with E-state index in [-0.39, 0.29) is 11.8 Å². The molecule has 0 spiro atoms. The van der Waals surface area contributed by atoms with Gasteiger partial charge in [0.15, 0.2) is 0 Å². The molecule has 1 aromatic carbocycles. The first-order valence-corrected chi connectivity index (χ1v) is 5.63. The smallest absolute Gasteiger partial charge is 0.340 e. The second kappa shape index (κ2) is 6.03. The average Bonchev–Trinajstić information content (AvgIpc) is 2.29. The van der Waals surface area contributed by atoms with Crippen LogP contribution in [0.25, 0.3) is 0 Å². The summed E-state index contributed by atoms with van der Waals surface area (Å²) in [4.78, 5) is 23.2. The maximum absolute atomic E-state index is 11.6. The monoisotopic (exact) mass is 235 g/mol. The lowest BCUT2D eigenvalue weighted by atomic mass is 10.1. The standard InChI is InChI=1S/C13H17NO3/c1-4-17-13(16)10-7-5-6-8-11(10)14-12(15)9(2)3/h5-9H,4H2,1-3H3,(H,14,15). The van der Waals surface area contributed by atoms with Crippen molar-refractivity contribution < 1.29 is 14.3 Å². The van der Waals surface area contributed by atoms with E-state index in [9.17, 15) is 9.59 Å². The van der Waals surface area contributed by atoms with Crippen LogP contribution in [-0.2, 0) is 9.53 Å². The molecule has 0 aliphatic heterocycles. The van der Waals surface area contributed by atoms with Crippen molar-refractivity contribution in [2.24, 2.45) is 5.92 Å². The molecular weight excluding hydrogens is 218 g/mol. The Bertz CT molecular complexity index is 413. The van der Waals surface area contributed by atoms with Crippen LogP contribution in [-0.4, -0.2) is 18.5 Å². The van der Waals surface area contributed by atoms with E-state index in [4.69, 9.17) is 4.74 Å². The third-order valence-electron chi connectivity index (χ3n) is 2.20. The minimum Gasteiger partial charge on any atom is -0.462 e. The van der Waals surface area contributed by atoms with E-state index in [1.807, 2.05) is 0 Å². The number of carbonyl (C=O) groups excluding carboxylic acids is 2. The zero-order chi connectivity index (χ0) is 12.8. The lowest BCUT2D eigenvalue weighted by molar-refractivity contribution is -0.118. The number of amides is 1. The van der Waals surface area contributed by atoms with Crippen LogP contribution in [0.3, 0.4) is 0 Å². The molecular formula is C13H17NO3. The summed E-state index contributed by atoms with van der Waals surface area (Å²) >= 11 is 0. The molecule has 1 amide bonds. The number of rotatable bonds is 4. The van der Waals surface area contributed by atoms with Crippen molar-refractivity contribution in [3.63, 3.8) is 0 Å². The molecule has 0 unspecified atom stereocenters. The fourth-order valence-electron chi connectivity index (χ4n) is 1.26. The molecule has 0 atom stereocenters. The van der Waals surface area contributed by atoms with Gasteiger partial charge in [0, 0.05) is 5.92 Å². The molecule has 17 heavy (non-hydrogen) atoms. The predicted molar refractivity (Wildman–Crippen MR) is 65.9 cm³/mol. The zero-order valence-corrected chi connectivity index (χ0v) is 10.3. The molecule has 0 fully saturated rings. The number of para-hydroxylation sites is 1. The number of esters is 1. The molecule has 4 nitrogen and oxygen atoms in total. The summed E-state index contributed by atoms with van der Waals surface area (Å²) in [6, 6.07) is 6.82. The van der Waals surface area contributed by atoms with E-state index >= 15 is 0 Å². The Morgan fingerprint density at radius 2 is 1.94 bits per heavy atom. The third kappa shape index (κ3) is 3.59. The fourth-order valence-corrected chi connectivity index (χ4v) is 1.26. The van der Waals surface area contributed by atoms with Crippen LogP contribution in [0, 0.1) is 5.92 Å². The minimum absolute atomic E-state index is 0.123. The molecule has 0 saturated heterocycles. The van der Waals surface area contributed by atoms with Crippen molar-refractivity contribution in [2.45, 2.75) is 20.8 Å². The quantitative estimate of drug-likeness (QED) is 0.815. The van der Waals surface area contributed by atoms with Crippen LogP contribution < -0.4 is 5.32 Å². The number of anilines is 1. The summed E-state index contributed by atoms with van der Waals surface area (Å²) < 4.78 is 4.92. The molecule has 1 N–H and O–H groups in total. The van der Waals surface area contributed by atoms with Gasteiger partial charge in [-0.15, -0.1) is 0 Å². The molecule has 0 heterocycles. The first-order chi connectivity index (χ1) is 8.06. The Hall–Kier alpha value is -1.84. The van der Waals surface area contributed by atoms with Gasteiger partial charge in [0.2, 0.25) is 5.91 Å². The molecule has 0 aromatic heterocycles. The summed E-state index contributed by atoms with van der Waals surface area (Å²) in [6.07, 6.45) is 0. The fraction of sp³-hybridized carbons (Fsp3) is 0.385. The summed E-state index contributed by atoms with van der Waals surface area (Å²) in [5.74, 6) is -0.681. The van der Waals surface area contributed by atoms with Gasteiger partial charge in [0.25, 0.3) is 0 Å². The average molecular weight is 235 g/mol. The van der Waals surface area contributed by atoms with Crippen LogP contribution in [0.5, 0.6) is 0 Å². The molecule has 0 bridgehead atoms. The Balaban J connectivity index is 2.92. The Kier molecular flexibility index (Phi) is 4.69. The lowest BCUT2D eigenvalue weighted by Crippen LogP contribution is -2.20. The number of hydrogen-bond acceptors (Lipinski definition) is 3. The molecule has 0 aliphatic carbocycles. The predicted octanol–water partition coefficient (Wildman–Crippen LogP) is 2.46. The van der Waals surface area contributed by atoms with Crippen LogP contribution >= 0.6 is 0 Å². The van der Waals surface area contributed by atoms with Crippen LogP contribution in [0.15, 0.2) is 24.3 Å².